The Morgan fingerprint density at radius 2 is 2.31 bits per heavy atom. The standard InChI is InChI=1S/C11H13ClO/c1-8-6-11(8,13)7-9-3-2-4-10(12)5-9/h2-5,8,13H,6-7H2,1H3. The maximum atomic E-state index is 9.90. The van der Waals surface area contributed by atoms with Crippen LogP contribution in [0.2, 0.25) is 5.02 Å². The Kier molecular flexibility index (Phi) is 2.09. The second-order valence-corrected chi connectivity index (χ2v) is 4.45. The fraction of sp³-hybridized carbons (Fsp3) is 0.455. The van der Waals surface area contributed by atoms with Crippen molar-refractivity contribution in [1.82, 2.24) is 0 Å². The fourth-order valence-electron chi connectivity index (χ4n) is 1.72. The largest absolute Gasteiger partial charge is 0.389 e. The number of benzene rings is 1. The van der Waals surface area contributed by atoms with Crippen LogP contribution >= 0.6 is 11.6 Å². The monoisotopic (exact) mass is 196 g/mol. The van der Waals surface area contributed by atoms with Crippen LogP contribution in [0, 0.1) is 5.92 Å². The SMILES string of the molecule is CC1CC1(O)Cc1cccc(Cl)c1. The minimum Gasteiger partial charge on any atom is -0.389 e. The summed E-state index contributed by atoms with van der Waals surface area (Å²) >= 11 is 5.85. The van der Waals surface area contributed by atoms with E-state index in [1.165, 1.54) is 0 Å². The summed E-state index contributed by atoms with van der Waals surface area (Å²) in [4.78, 5) is 0. The molecule has 1 N–H and O–H groups in total. The lowest BCUT2D eigenvalue weighted by Crippen LogP contribution is -2.13. The van der Waals surface area contributed by atoms with E-state index in [0.717, 1.165) is 23.4 Å². The molecule has 0 radical (unpaired) electrons. The third-order valence-corrected chi connectivity index (χ3v) is 3.05. The maximum Gasteiger partial charge on any atom is 0.0718 e. The molecular formula is C11H13ClO. The number of hydrogen-bond acceptors (Lipinski definition) is 1. The second kappa shape index (κ2) is 3.00. The Hall–Kier alpha value is -0.530. The molecule has 2 atom stereocenters. The van der Waals surface area contributed by atoms with Crippen LogP contribution in [-0.4, -0.2) is 10.7 Å². The molecule has 0 aromatic heterocycles. The highest BCUT2D eigenvalue weighted by molar-refractivity contribution is 6.30. The summed E-state index contributed by atoms with van der Waals surface area (Å²) in [5.41, 5.74) is 0.671. The minimum atomic E-state index is -0.454. The van der Waals surface area contributed by atoms with E-state index < -0.39 is 5.60 Å². The van der Waals surface area contributed by atoms with Crippen molar-refractivity contribution in [1.29, 1.82) is 0 Å². The van der Waals surface area contributed by atoms with Gasteiger partial charge in [0, 0.05) is 11.4 Å². The number of rotatable bonds is 2. The molecule has 1 aliphatic carbocycles. The third kappa shape index (κ3) is 1.87. The van der Waals surface area contributed by atoms with E-state index in [1.54, 1.807) is 0 Å². The molecule has 0 saturated heterocycles. The first-order valence-corrected chi connectivity index (χ1v) is 4.95. The molecule has 70 valence electrons. The highest BCUT2D eigenvalue weighted by atomic mass is 35.5. The quantitative estimate of drug-likeness (QED) is 0.771. The Labute approximate surface area is 83.3 Å². The van der Waals surface area contributed by atoms with E-state index >= 15 is 0 Å². The lowest BCUT2D eigenvalue weighted by atomic mass is 10.1. The van der Waals surface area contributed by atoms with Crippen molar-refractivity contribution in [2.75, 3.05) is 0 Å². The zero-order valence-corrected chi connectivity index (χ0v) is 8.38. The maximum absolute atomic E-state index is 9.90. The Balaban J connectivity index is 2.10. The molecule has 1 aromatic carbocycles. The molecule has 2 rings (SSSR count). The highest BCUT2D eigenvalue weighted by Crippen LogP contribution is 2.45. The minimum absolute atomic E-state index is 0.437. The molecule has 1 aromatic rings. The van der Waals surface area contributed by atoms with Gasteiger partial charge < -0.3 is 5.11 Å². The van der Waals surface area contributed by atoms with Crippen molar-refractivity contribution in [2.24, 2.45) is 5.92 Å². The third-order valence-electron chi connectivity index (χ3n) is 2.82. The first-order chi connectivity index (χ1) is 6.10. The summed E-state index contributed by atoms with van der Waals surface area (Å²) in [7, 11) is 0. The van der Waals surface area contributed by atoms with Gasteiger partial charge in [0.25, 0.3) is 0 Å². The fourth-order valence-corrected chi connectivity index (χ4v) is 1.93. The van der Waals surface area contributed by atoms with Crippen LogP contribution in [0.3, 0.4) is 0 Å². The number of halogens is 1. The second-order valence-electron chi connectivity index (χ2n) is 4.02. The average Bonchev–Trinajstić information content (AvgIpc) is 2.58. The van der Waals surface area contributed by atoms with Crippen LogP contribution in [-0.2, 0) is 6.42 Å². The molecule has 0 spiro atoms. The molecule has 13 heavy (non-hydrogen) atoms. The van der Waals surface area contributed by atoms with E-state index in [4.69, 9.17) is 11.6 Å². The molecule has 0 bridgehead atoms. The first kappa shape index (κ1) is 9.04. The zero-order chi connectivity index (χ0) is 9.47. The topological polar surface area (TPSA) is 20.2 Å². The van der Waals surface area contributed by atoms with Gasteiger partial charge in [-0.15, -0.1) is 0 Å². The van der Waals surface area contributed by atoms with Gasteiger partial charge in [0.2, 0.25) is 0 Å². The highest BCUT2D eigenvalue weighted by Gasteiger charge is 2.49. The van der Waals surface area contributed by atoms with Crippen molar-refractivity contribution in [3.05, 3.63) is 34.9 Å². The van der Waals surface area contributed by atoms with Crippen LogP contribution < -0.4 is 0 Å². The Morgan fingerprint density at radius 1 is 1.62 bits per heavy atom. The summed E-state index contributed by atoms with van der Waals surface area (Å²) in [6.07, 6.45) is 1.65. The summed E-state index contributed by atoms with van der Waals surface area (Å²) in [6.45, 7) is 2.07. The summed E-state index contributed by atoms with van der Waals surface area (Å²) in [5, 5.41) is 10.6. The summed E-state index contributed by atoms with van der Waals surface area (Å²) < 4.78 is 0. The van der Waals surface area contributed by atoms with Crippen molar-refractivity contribution >= 4 is 11.6 Å². The smallest absolute Gasteiger partial charge is 0.0718 e. The lowest BCUT2D eigenvalue weighted by molar-refractivity contribution is 0.135. The first-order valence-electron chi connectivity index (χ1n) is 4.57. The predicted octanol–water partition coefficient (Wildman–Crippen LogP) is 2.65. The van der Waals surface area contributed by atoms with Gasteiger partial charge in [0.15, 0.2) is 0 Å². The molecule has 2 heteroatoms. The molecule has 0 heterocycles. The van der Waals surface area contributed by atoms with Crippen LogP contribution in [0.1, 0.15) is 18.9 Å². The van der Waals surface area contributed by atoms with Crippen molar-refractivity contribution in [3.63, 3.8) is 0 Å². The Morgan fingerprint density at radius 3 is 2.85 bits per heavy atom. The van der Waals surface area contributed by atoms with Crippen molar-refractivity contribution in [3.8, 4) is 0 Å². The lowest BCUT2D eigenvalue weighted by Gasteiger charge is -2.08. The molecule has 1 saturated carbocycles. The molecule has 1 nitrogen and oxygen atoms in total. The normalized spacial score (nSPS) is 31.8. The van der Waals surface area contributed by atoms with E-state index in [2.05, 4.69) is 6.92 Å². The molecule has 0 amide bonds. The van der Waals surface area contributed by atoms with Crippen LogP contribution in [0.5, 0.6) is 0 Å². The van der Waals surface area contributed by atoms with Gasteiger partial charge in [-0.3, -0.25) is 0 Å². The predicted molar refractivity (Wildman–Crippen MR) is 53.9 cm³/mol. The van der Waals surface area contributed by atoms with E-state index in [0.29, 0.717) is 5.92 Å². The van der Waals surface area contributed by atoms with Gasteiger partial charge in [0.05, 0.1) is 5.60 Å². The van der Waals surface area contributed by atoms with E-state index in [9.17, 15) is 5.11 Å². The molecule has 1 fully saturated rings. The van der Waals surface area contributed by atoms with Crippen LogP contribution in [0.15, 0.2) is 24.3 Å². The van der Waals surface area contributed by atoms with Crippen molar-refractivity contribution in [2.45, 2.75) is 25.4 Å². The molecular weight excluding hydrogens is 184 g/mol. The van der Waals surface area contributed by atoms with Crippen LogP contribution in [0.25, 0.3) is 0 Å². The zero-order valence-electron chi connectivity index (χ0n) is 7.63. The van der Waals surface area contributed by atoms with Gasteiger partial charge in [-0.1, -0.05) is 30.7 Å². The number of aliphatic hydroxyl groups is 1. The van der Waals surface area contributed by atoms with E-state index in [1.807, 2.05) is 24.3 Å². The van der Waals surface area contributed by atoms with Gasteiger partial charge in [-0.25, -0.2) is 0 Å². The molecule has 0 aliphatic heterocycles. The molecule has 1 aliphatic rings. The van der Waals surface area contributed by atoms with Gasteiger partial charge in [-0.2, -0.15) is 0 Å². The average molecular weight is 197 g/mol. The number of hydrogen-bond donors (Lipinski definition) is 1. The van der Waals surface area contributed by atoms with Gasteiger partial charge in [-0.05, 0) is 30.0 Å². The summed E-state index contributed by atoms with van der Waals surface area (Å²) in [6, 6.07) is 7.71. The van der Waals surface area contributed by atoms with Crippen molar-refractivity contribution < 1.29 is 5.11 Å². The van der Waals surface area contributed by atoms with Crippen LogP contribution in [0.4, 0.5) is 0 Å². The summed E-state index contributed by atoms with van der Waals surface area (Å²) in [5.74, 6) is 0.437. The van der Waals surface area contributed by atoms with E-state index in [-0.39, 0.29) is 0 Å². The van der Waals surface area contributed by atoms with Gasteiger partial charge in [0.1, 0.15) is 0 Å². The molecule has 2 unspecified atom stereocenters. The van der Waals surface area contributed by atoms with Gasteiger partial charge >= 0.3 is 0 Å². The Bertz CT molecular complexity index is 324.